The standard InChI is InChI=1S/C11H14ClNO4S/c1-13(8-11(14)15)18(16,17)6-5-9-3-2-4-10(12)7-9/h2-4,7H,5-6,8H2,1H3,(H,14,15). The largest absolute Gasteiger partial charge is 0.480 e. The van der Waals surface area contributed by atoms with Gasteiger partial charge in [-0.2, -0.15) is 4.31 Å². The number of hydrogen-bond donors (Lipinski definition) is 1. The highest BCUT2D eigenvalue weighted by Crippen LogP contribution is 2.12. The van der Waals surface area contributed by atoms with Crippen molar-refractivity contribution < 1.29 is 18.3 Å². The number of carboxylic acid groups (broad SMARTS) is 1. The van der Waals surface area contributed by atoms with Crippen LogP contribution in [0.5, 0.6) is 0 Å². The molecule has 1 rings (SSSR count). The van der Waals surface area contributed by atoms with Crippen molar-refractivity contribution in [2.75, 3.05) is 19.3 Å². The summed E-state index contributed by atoms with van der Waals surface area (Å²) < 4.78 is 24.3. The molecule has 0 amide bonds. The molecule has 1 N–H and O–H groups in total. The van der Waals surface area contributed by atoms with E-state index in [4.69, 9.17) is 16.7 Å². The molecule has 0 radical (unpaired) electrons. The van der Waals surface area contributed by atoms with Gasteiger partial charge in [0.1, 0.15) is 6.54 Å². The number of carboxylic acids is 1. The van der Waals surface area contributed by atoms with Gasteiger partial charge in [0.2, 0.25) is 10.0 Å². The fourth-order valence-electron chi connectivity index (χ4n) is 1.38. The van der Waals surface area contributed by atoms with E-state index < -0.39 is 22.5 Å². The molecule has 0 aliphatic carbocycles. The average Bonchev–Trinajstić information content (AvgIpc) is 2.26. The summed E-state index contributed by atoms with van der Waals surface area (Å²) in [6, 6.07) is 6.91. The van der Waals surface area contributed by atoms with E-state index >= 15 is 0 Å². The second-order valence-corrected chi connectivity index (χ2v) is 6.48. The Balaban J connectivity index is 2.64. The molecule has 0 bridgehead atoms. The van der Waals surface area contributed by atoms with Crippen LogP contribution in [0.15, 0.2) is 24.3 Å². The van der Waals surface area contributed by atoms with Crippen LogP contribution in [-0.4, -0.2) is 43.1 Å². The molecule has 0 atom stereocenters. The minimum Gasteiger partial charge on any atom is -0.480 e. The van der Waals surface area contributed by atoms with Gasteiger partial charge in [0, 0.05) is 12.1 Å². The minimum atomic E-state index is -3.56. The van der Waals surface area contributed by atoms with Crippen LogP contribution in [0, 0.1) is 0 Å². The number of hydrogen-bond acceptors (Lipinski definition) is 3. The molecule has 100 valence electrons. The van der Waals surface area contributed by atoms with Gasteiger partial charge in [-0.1, -0.05) is 23.7 Å². The Bertz CT molecular complexity index is 530. The molecule has 0 saturated heterocycles. The summed E-state index contributed by atoms with van der Waals surface area (Å²) in [5, 5.41) is 9.09. The second-order valence-electron chi connectivity index (χ2n) is 3.85. The van der Waals surface area contributed by atoms with E-state index in [1.165, 1.54) is 7.05 Å². The Morgan fingerprint density at radius 3 is 2.67 bits per heavy atom. The molecule has 0 aliphatic heterocycles. The number of halogens is 1. The average molecular weight is 292 g/mol. The maximum absolute atomic E-state index is 11.8. The van der Waals surface area contributed by atoms with Crippen molar-refractivity contribution in [1.29, 1.82) is 0 Å². The zero-order valence-corrected chi connectivity index (χ0v) is 11.4. The van der Waals surface area contributed by atoms with Gasteiger partial charge in [-0.15, -0.1) is 0 Å². The van der Waals surface area contributed by atoms with Crippen LogP contribution in [0.4, 0.5) is 0 Å². The molecule has 0 fully saturated rings. The molecule has 1 aromatic carbocycles. The second kappa shape index (κ2) is 6.17. The van der Waals surface area contributed by atoms with Crippen molar-refractivity contribution in [2.45, 2.75) is 6.42 Å². The SMILES string of the molecule is CN(CC(=O)O)S(=O)(=O)CCc1cccc(Cl)c1. The quantitative estimate of drug-likeness (QED) is 0.855. The van der Waals surface area contributed by atoms with Gasteiger partial charge >= 0.3 is 5.97 Å². The number of carbonyl (C=O) groups is 1. The number of sulfonamides is 1. The lowest BCUT2D eigenvalue weighted by atomic mass is 10.2. The Labute approximate surface area is 111 Å². The van der Waals surface area contributed by atoms with Crippen molar-refractivity contribution in [3.63, 3.8) is 0 Å². The molecule has 5 nitrogen and oxygen atoms in total. The van der Waals surface area contributed by atoms with Gasteiger partial charge in [-0.05, 0) is 24.1 Å². The number of rotatable bonds is 6. The molecule has 0 spiro atoms. The van der Waals surface area contributed by atoms with Gasteiger partial charge in [-0.25, -0.2) is 8.42 Å². The number of aliphatic carboxylic acids is 1. The Morgan fingerprint density at radius 2 is 2.11 bits per heavy atom. The van der Waals surface area contributed by atoms with Crippen molar-refractivity contribution in [1.82, 2.24) is 4.31 Å². The highest BCUT2D eigenvalue weighted by Gasteiger charge is 2.19. The summed E-state index contributed by atoms with van der Waals surface area (Å²) in [5.41, 5.74) is 0.801. The van der Waals surface area contributed by atoms with Crippen LogP contribution >= 0.6 is 11.6 Å². The van der Waals surface area contributed by atoms with E-state index in [2.05, 4.69) is 0 Å². The zero-order valence-electron chi connectivity index (χ0n) is 9.84. The van der Waals surface area contributed by atoms with Crippen LogP contribution in [0.25, 0.3) is 0 Å². The fraction of sp³-hybridized carbons (Fsp3) is 0.364. The number of aryl methyl sites for hydroxylation is 1. The van der Waals surface area contributed by atoms with Crippen molar-refractivity contribution >= 4 is 27.6 Å². The van der Waals surface area contributed by atoms with E-state index in [1.807, 2.05) is 0 Å². The van der Waals surface area contributed by atoms with Crippen LogP contribution in [0.3, 0.4) is 0 Å². The Hall–Kier alpha value is -1.11. The van der Waals surface area contributed by atoms with Gasteiger partial charge in [0.05, 0.1) is 5.75 Å². The zero-order chi connectivity index (χ0) is 13.8. The summed E-state index contributed by atoms with van der Waals surface area (Å²) >= 11 is 5.79. The summed E-state index contributed by atoms with van der Waals surface area (Å²) in [7, 11) is -2.31. The van der Waals surface area contributed by atoms with E-state index in [0.717, 1.165) is 9.87 Å². The smallest absolute Gasteiger partial charge is 0.318 e. The molecule has 0 aliphatic rings. The first kappa shape index (κ1) is 14.9. The molecule has 1 aromatic rings. The third-order valence-corrected chi connectivity index (χ3v) is 4.40. The van der Waals surface area contributed by atoms with Crippen LogP contribution < -0.4 is 0 Å². The monoisotopic (exact) mass is 291 g/mol. The molecule has 0 unspecified atom stereocenters. The molecular formula is C11H14ClNO4S. The minimum absolute atomic E-state index is 0.142. The van der Waals surface area contributed by atoms with Gasteiger partial charge in [0.15, 0.2) is 0 Å². The predicted molar refractivity (Wildman–Crippen MR) is 69.2 cm³/mol. The normalized spacial score (nSPS) is 11.7. The molecule has 0 heterocycles. The summed E-state index contributed by atoms with van der Waals surface area (Å²) in [4.78, 5) is 10.5. The van der Waals surface area contributed by atoms with Crippen molar-refractivity contribution in [3.05, 3.63) is 34.9 Å². The third-order valence-electron chi connectivity index (χ3n) is 2.37. The van der Waals surface area contributed by atoms with Gasteiger partial charge in [0.25, 0.3) is 0 Å². The highest BCUT2D eigenvalue weighted by atomic mass is 35.5. The fourth-order valence-corrected chi connectivity index (χ4v) is 2.71. The summed E-state index contributed by atoms with van der Waals surface area (Å²) in [5.74, 6) is -1.32. The molecule has 0 saturated carbocycles. The maximum Gasteiger partial charge on any atom is 0.318 e. The lowest BCUT2D eigenvalue weighted by Crippen LogP contribution is -2.34. The van der Waals surface area contributed by atoms with E-state index in [1.54, 1.807) is 24.3 Å². The van der Waals surface area contributed by atoms with E-state index in [0.29, 0.717) is 11.4 Å². The summed E-state index contributed by atoms with van der Waals surface area (Å²) in [6.45, 7) is -0.530. The van der Waals surface area contributed by atoms with Gasteiger partial charge in [-0.3, -0.25) is 4.79 Å². The molecule has 18 heavy (non-hydrogen) atoms. The first-order chi connectivity index (χ1) is 8.31. The van der Waals surface area contributed by atoms with Crippen LogP contribution in [-0.2, 0) is 21.2 Å². The highest BCUT2D eigenvalue weighted by molar-refractivity contribution is 7.89. The van der Waals surface area contributed by atoms with Crippen molar-refractivity contribution in [2.24, 2.45) is 0 Å². The lowest BCUT2D eigenvalue weighted by Gasteiger charge is -2.14. The Morgan fingerprint density at radius 1 is 1.44 bits per heavy atom. The van der Waals surface area contributed by atoms with Crippen molar-refractivity contribution in [3.8, 4) is 0 Å². The van der Waals surface area contributed by atoms with Gasteiger partial charge < -0.3 is 5.11 Å². The first-order valence-corrected chi connectivity index (χ1v) is 7.20. The number of benzene rings is 1. The number of nitrogens with zero attached hydrogens (tertiary/aromatic N) is 1. The molecular weight excluding hydrogens is 278 g/mol. The number of likely N-dealkylation sites (N-methyl/N-ethyl adjacent to an activating group) is 1. The summed E-state index contributed by atoms with van der Waals surface area (Å²) in [6.07, 6.45) is 0.298. The molecule has 0 aromatic heterocycles. The predicted octanol–water partition coefficient (Wildman–Crippen LogP) is 1.23. The molecule has 7 heteroatoms. The van der Waals surface area contributed by atoms with Crippen LogP contribution in [0.1, 0.15) is 5.56 Å². The topological polar surface area (TPSA) is 74.7 Å². The lowest BCUT2D eigenvalue weighted by molar-refractivity contribution is -0.137. The first-order valence-electron chi connectivity index (χ1n) is 5.21. The maximum atomic E-state index is 11.8. The third kappa shape index (κ3) is 4.64. The van der Waals surface area contributed by atoms with Crippen LogP contribution in [0.2, 0.25) is 5.02 Å². The Kier molecular flexibility index (Phi) is 5.13. The van der Waals surface area contributed by atoms with E-state index in [9.17, 15) is 13.2 Å². The van der Waals surface area contributed by atoms with E-state index in [-0.39, 0.29) is 5.75 Å².